The van der Waals surface area contributed by atoms with Crippen molar-refractivity contribution in [1.82, 2.24) is 4.90 Å². The second-order valence-electron chi connectivity index (χ2n) is 5.64. The SMILES string of the molecule is CC(N)C1CCCN(C(=O)COc2ccc([N+](=O)[O-])cc2)C1. The lowest BCUT2D eigenvalue weighted by atomic mass is 9.92. The van der Waals surface area contributed by atoms with Crippen molar-refractivity contribution in [3.8, 4) is 5.75 Å². The third-order valence-corrected chi connectivity index (χ3v) is 3.96. The smallest absolute Gasteiger partial charge is 0.269 e. The Morgan fingerprint density at radius 2 is 2.18 bits per heavy atom. The van der Waals surface area contributed by atoms with Crippen molar-refractivity contribution in [2.24, 2.45) is 11.7 Å². The van der Waals surface area contributed by atoms with E-state index < -0.39 is 4.92 Å². The van der Waals surface area contributed by atoms with Crippen LogP contribution in [0.4, 0.5) is 5.69 Å². The zero-order chi connectivity index (χ0) is 16.1. The van der Waals surface area contributed by atoms with Gasteiger partial charge in [-0.2, -0.15) is 0 Å². The van der Waals surface area contributed by atoms with Gasteiger partial charge < -0.3 is 15.4 Å². The molecule has 0 aromatic heterocycles. The van der Waals surface area contributed by atoms with Gasteiger partial charge in [-0.1, -0.05) is 0 Å². The van der Waals surface area contributed by atoms with E-state index in [1.807, 2.05) is 6.92 Å². The number of amides is 1. The molecule has 120 valence electrons. The van der Waals surface area contributed by atoms with E-state index in [0.29, 0.717) is 18.2 Å². The van der Waals surface area contributed by atoms with Crippen LogP contribution in [0.2, 0.25) is 0 Å². The Kier molecular flexibility index (Phi) is 5.32. The molecule has 1 amide bonds. The molecule has 1 aromatic carbocycles. The van der Waals surface area contributed by atoms with Gasteiger partial charge in [0.2, 0.25) is 0 Å². The summed E-state index contributed by atoms with van der Waals surface area (Å²) in [7, 11) is 0. The molecule has 0 saturated carbocycles. The van der Waals surface area contributed by atoms with Gasteiger partial charge in [0.15, 0.2) is 6.61 Å². The lowest BCUT2D eigenvalue weighted by Gasteiger charge is -2.34. The van der Waals surface area contributed by atoms with Crippen LogP contribution < -0.4 is 10.5 Å². The molecule has 22 heavy (non-hydrogen) atoms. The highest BCUT2D eigenvalue weighted by Crippen LogP contribution is 2.20. The molecule has 0 bridgehead atoms. The fourth-order valence-corrected chi connectivity index (χ4v) is 2.57. The van der Waals surface area contributed by atoms with Crippen molar-refractivity contribution in [3.05, 3.63) is 34.4 Å². The number of non-ortho nitro benzene ring substituents is 1. The molecule has 1 aromatic rings. The van der Waals surface area contributed by atoms with Crippen LogP contribution in [0.1, 0.15) is 19.8 Å². The molecule has 2 atom stereocenters. The van der Waals surface area contributed by atoms with Gasteiger partial charge in [-0.05, 0) is 37.8 Å². The van der Waals surface area contributed by atoms with Crippen molar-refractivity contribution in [3.63, 3.8) is 0 Å². The predicted molar refractivity (Wildman–Crippen MR) is 81.5 cm³/mol. The van der Waals surface area contributed by atoms with E-state index in [2.05, 4.69) is 0 Å². The predicted octanol–water partition coefficient (Wildman–Crippen LogP) is 1.56. The monoisotopic (exact) mass is 307 g/mol. The number of benzene rings is 1. The number of piperidine rings is 1. The van der Waals surface area contributed by atoms with Gasteiger partial charge in [0.05, 0.1) is 4.92 Å². The average Bonchev–Trinajstić information content (AvgIpc) is 2.53. The lowest BCUT2D eigenvalue weighted by Crippen LogP contribution is -2.46. The fraction of sp³-hybridized carbons (Fsp3) is 0.533. The third kappa shape index (κ3) is 4.17. The first-order chi connectivity index (χ1) is 10.5. The molecular formula is C15H21N3O4. The number of likely N-dealkylation sites (tertiary alicyclic amines) is 1. The molecule has 7 nitrogen and oxygen atoms in total. The fourth-order valence-electron chi connectivity index (χ4n) is 2.57. The van der Waals surface area contributed by atoms with E-state index >= 15 is 0 Å². The van der Waals surface area contributed by atoms with Gasteiger partial charge in [-0.15, -0.1) is 0 Å². The van der Waals surface area contributed by atoms with Crippen molar-refractivity contribution in [2.75, 3.05) is 19.7 Å². The molecule has 1 fully saturated rings. The van der Waals surface area contributed by atoms with Crippen molar-refractivity contribution in [1.29, 1.82) is 0 Å². The molecule has 2 unspecified atom stereocenters. The van der Waals surface area contributed by atoms with Gasteiger partial charge >= 0.3 is 0 Å². The number of carbonyl (C=O) groups excluding carboxylic acids is 1. The minimum atomic E-state index is -0.475. The summed E-state index contributed by atoms with van der Waals surface area (Å²) in [5.41, 5.74) is 5.90. The van der Waals surface area contributed by atoms with Gasteiger partial charge in [-0.25, -0.2) is 0 Å². The van der Waals surface area contributed by atoms with Crippen LogP contribution in [0.15, 0.2) is 24.3 Å². The maximum atomic E-state index is 12.2. The summed E-state index contributed by atoms with van der Waals surface area (Å²) in [5, 5.41) is 10.6. The Bertz CT molecular complexity index is 530. The third-order valence-electron chi connectivity index (χ3n) is 3.96. The minimum absolute atomic E-state index is 0.00511. The van der Waals surface area contributed by atoms with Crippen LogP contribution in [-0.2, 0) is 4.79 Å². The number of carbonyl (C=O) groups is 1. The van der Waals surface area contributed by atoms with E-state index in [1.165, 1.54) is 24.3 Å². The quantitative estimate of drug-likeness (QED) is 0.657. The Hall–Kier alpha value is -2.15. The first-order valence-corrected chi connectivity index (χ1v) is 7.38. The maximum Gasteiger partial charge on any atom is 0.269 e. The minimum Gasteiger partial charge on any atom is -0.484 e. The van der Waals surface area contributed by atoms with Crippen LogP contribution in [0.25, 0.3) is 0 Å². The summed E-state index contributed by atoms with van der Waals surface area (Å²) < 4.78 is 5.41. The Morgan fingerprint density at radius 1 is 1.50 bits per heavy atom. The van der Waals surface area contributed by atoms with Crippen LogP contribution in [0.5, 0.6) is 5.75 Å². The standard InChI is InChI=1S/C15H21N3O4/c1-11(16)12-3-2-8-17(9-12)15(19)10-22-14-6-4-13(5-7-14)18(20)21/h4-7,11-12H,2-3,8-10,16H2,1H3. The number of nitro benzene ring substituents is 1. The topological polar surface area (TPSA) is 98.7 Å². The van der Waals surface area contributed by atoms with Gasteiger partial charge in [0.25, 0.3) is 11.6 Å². The number of nitro groups is 1. The van der Waals surface area contributed by atoms with Crippen molar-refractivity contribution in [2.45, 2.75) is 25.8 Å². The highest BCUT2D eigenvalue weighted by atomic mass is 16.6. The number of rotatable bonds is 5. The summed E-state index contributed by atoms with van der Waals surface area (Å²) in [4.78, 5) is 24.0. The van der Waals surface area contributed by atoms with Crippen LogP contribution >= 0.6 is 0 Å². The van der Waals surface area contributed by atoms with E-state index in [9.17, 15) is 14.9 Å². The number of nitrogens with two attached hydrogens (primary N) is 1. The van der Waals surface area contributed by atoms with Crippen LogP contribution in [0, 0.1) is 16.0 Å². The van der Waals surface area contributed by atoms with E-state index in [4.69, 9.17) is 10.5 Å². The van der Waals surface area contributed by atoms with E-state index in [0.717, 1.165) is 19.4 Å². The molecule has 0 spiro atoms. The molecule has 7 heteroatoms. The Morgan fingerprint density at radius 3 is 2.77 bits per heavy atom. The Balaban J connectivity index is 1.85. The summed E-state index contributed by atoms with van der Waals surface area (Å²) in [6, 6.07) is 5.77. The number of ether oxygens (including phenoxy) is 1. The van der Waals surface area contributed by atoms with E-state index in [1.54, 1.807) is 4.90 Å². The van der Waals surface area contributed by atoms with Crippen molar-refractivity contribution >= 4 is 11.6 Å². The summed E-state index contributed by atoms with van der Waals surface area (Å²) in [5.74, 6) is 0.695. The van der Waals surface area contributed by atoms with Gasteiger partial charge in [0.1, 0.15) is 5.75 Å². The second kappa shape index (κ2) is 7.22. The maximum absolute atomic E-state index is 12.2. The summed E-state index contributed by atoms with van der Waals surface area (Å²) in [6.45, 7) is 3.29. The highest BCUT2D eigenvalue weighted by molar-refractivity contribution is 5.77. The molecule has 2 N–H and O–H groups in total. The molecular weight excluding hydrogens is 286 g/mol. The van der Waals surface area contributed by atoms with E-state index in [-0.39, 0.29) is 24.2 Å². The molecule has 1 aliphatic heterocycles. The number of hydrogen-bond acceptors (Lipinski definition) is 5. The van der Waals surface area contributed by atoms with Crippen molar-refractivity contribution < 1.29 is 14.5 Å². The molecule has 0 radical (unpaired) electrons. The normalized spacial score (nSPS) is 19.5. The summed E-state index contributed by atoms with van der Waals surface area (Å²) >= 11 is 0. The zero-order valence-electron chi connectivity index (χ0n) is 12.6. The van der Waals surface area contributed by atoms with Crippen LogP contribution in [0.3, 0.4) is 0 Å². The molecule has 2 rings (SSSR count). The molecule has 1 saturated heterocycles. The lowest BCUT2D eigenvalue weighted by molar-refractivity contribution is -0.384. The van der Waals surface area contributed by atoms with Gasteiger partial charge in [-0.3, -0.25) is 14.9 Å². The molecule has 1 heterocycles. The Labute approximate surface area is 129 Å². The summed E-state index contributed by atoms with van der Waals surface area (Å²) in [6.07, 6.45) is 2.00. The average molecular weight is 307 g/mol. The second-order valence-corrected chi connectivity index (χ2v) is 5.64. The van der Waals surface area contributed by atoms with Crippen LogP contribution in [-0.4, -0.2) is 41.5 Å². The molecule has 1 aliphatic rings. The number of hydrogen-bond donors (Lipinski definition) is 1. The van der Waals surface area contributed by atoms with Gasteiger partial charge in [0, 0.05) is 31.3 Å². The first kappa shape index (κ1) is 16.2. The largest absolute Gasteiger partial charge is 0.484 e. The molecule has 0 aliphatic carbocycles. The highest BCUT2D eigenvalue weighted by Gasteiger charge is 2.25. The first-order valence-electron chi connectivity index (χ1n) is 7.38. The zero-order valence-corrected chi connectivity index (χ0v) is 12.6. The number of nitrogens with zero attached hydrogens (tertiary/aromatic N) is 2.